The zero-order valence-corrected chi connectivity index (χ0v) is 11.3. The number of benzene rings is 2. The first-order valence-corrected chi connectivity index (χ1v) is 6.44. The van der Waals surface area contributed by atoms with Crippen LogP contribution < -0.4 is 0 Å². The Balaban J connectivity index is 2.05. The van der Waals surface area contributed by atoms with Gasteiger partial charge in [-0.15, -0.1) is 4.91 Å². The summed E-state index contributed by atoms with van der Waals surface area (Å²) < 4.78 is 0. The maximum atomic E-state index is 10.4. The molecule has 0 fully saturated rings. The summed E-state index contributed by atoms with van der Waals surface area (Å²) >= 11 is 0. The number of hydrogen-bond acceptors (Lipinski definition) is 5. The summed E-state index contributed by atoms with van der Waals surface area (Å²) in [6, 6.07) is 13.9. The number of nitrogens with one attached hydrogen (secondary N) is 1. The highest BCUT2D eigenvalue weighted by Gasteiger charge is 2.08. The van der Waals surface area contributed by atoms with Crippen LogP contribution in [0.1, 0.15) is 11.4 Å². The molecule has 0 saturated heterocycles. The molecular formula is C16H10N4O2. The minimum absolute atomic E-state index is 0.0422. The monoisotopic (exact) mass is 290 g/mol. The lowest BCUT2D eigenvalue weighted by atomic mass is 10.1. The van der Waals surface area contributed by atoms with Crippen molar-refractivity contribution in [2.45, 2.75) is 0 Å². The number of phenolic OH excluding ortho intramolecular Hbond substituents is 1. The normalized spacial score (nSPS) is 11.3. The van der Waals surface area contributed by atoms with Crippen molar-refractivity contribution in [2.24, 2.45) is 5.18 Å². The third-order valence-electron chi connectivity index (χ3n) is 3.17. The number of nitrogens with zero attached hydrogens (tertiary/aromatic N) is 3. The van der Waals surface area contributed by atoms with E-state index in [1.807, 2.05) is 24.3 Å². The van der Waals surface area contributed by atoms with Gasteiger partial charge in [-0.2, -0.15) is 5.26 Å². The molecule has 0 saturated carbocycles. The second-order valence-electron chi connectivity index (χ2n) is 4.61. The van der Waals surface area contributed by atoms with E-state index in [0.717, 1.165) is 11.0 Å². The van der Waals surface area contributed by atoms with Crippen LogP contribution in [0.5, 0.6) is 5.75 Å². The second-order valence-corrected chi connectivity index (χ2v) is 4.61. The molecule has 1 aromatic heterocycles. The van der Waals surface area contributed by atoms with Crippen molar-refractivity contribution in [3.8, 4) is 11.8 Å². The Labute approximate surface area is 125 Å². The number of H-pyrrole nitrogens is 1. The van der Waals surface area contributed by atoms with Gasteiger partial charge in [-0.05, 0) is 41.1 Å². The summed E-state index contributed by atoms with van der Waals surface area (Å²) in [7, 11) is 0. The van der Waals surface area contributed by atoms with Gasteiger partial charge in [0, 0.05) is 0 Å². The van der Waals surface area contributed by atoms with Gasteiger partial charge in [-0.1, -0.05) is 18.2 Å². The largest absolute Gasteiger partial charge is 0.506 e. The molecule has 1 heterocycles. The predicted octanol–water partition coefficient (Wildman–Crippen LogP) is 3.73. The highest BCUT2D eigenvalue weighted by atomic mass is 16.3. The lowest BCUT2D eigenvalue weighted by Gasteiger charge is -1.99. The van der Waals surface area contributed by atoms with E-state index in [9.17, 15) is 15.3 Å². The van der Waals surface area contributed by atoms with E-state index in [1.165, 1.54) is 12.1 Å². The summed E-state index contributed by atoms with van der Waals surface area (Å²) in [5.74, 6) is 0.214. The van der Waals surface area contributed by atoms with Crippen LogP contribution in [0.15, 0.2) is 47.6 Å². The van der Waals surface area contributed by atoms with E-state index in [0.29, 0.717) is 17.0 Å². The molecule has 0 spiro atoms. The number of phenols is 1. The van der Waals surface area contributed by atoms with Gasteiger partial charge >= 0.3 is 0 Å². The van der Waals surface area contributed by atoms with Gasteiger partial charge in [0.1, 0.15) is 23.3 Å². The smallest absolute Gasteiger partial charge is 0.149 e. The van der Waals surface area contributed by atoms with E-state index >= 15 is 0 Å². The number of rotatable bonds is 3. The highest BCUT2D eigenvalue weighted by Crippen LogP contribution is 2.28. The predicted molar refractivity (Wildman–Crippen MR) is 83.1 cm³/mol. The first-order valence-electron chi connectivity index (χ1n) is 6.44. The number of aromatic amines is 1. The van der Waals surface area contributed by atoms with Crippen molar-refractivity contribution in [1.82, 2.24) is 9.97 Å². The van der Waals surface area contributed by atoms with Gasteiger partial charge in [0.25, 0.3) is 0 Å². The summed E-state index contributed by atoms with van der Waals surface area (Å²) in [5.41, 5.74) is 2.45. The second kappa shape index (κ2) is 5.50. The molecule has 22 heavy (non-hydrogen) atoms. The molecule has 0 atom stereocenters. The molecule has 3 rings (SSSR count). The first kappa shape index (κ1) is 13.5. The molecule has 0 radical (unpaired) electrons. The number of hydrogen-bond donors (Lipinski definition) is 2. The Hall–Kier alpha value is -3.46. The Morgan fingerprint density at radius 2 is 2.14 bits per heavy atom. The average molecular weight is 290 g/mol. The van der Waals surface area contributed by atoms with Crippen molar-refractivity contribution in [3.63, 3.8) is 0 Å². The molecule has 0 amide bonds. The Morgan fingerprint density at radius 3 is 2.82 bits per heavy atom. The van der Waals surface area contributed by atoms with Crippen molar-refractivity contribution in [1.29, 1.82) is 5.26 Å². The fourth-order valence-corrected chi connectivity index (χ4v) is 2.11. The van der Waals surface area contributed by atoms with Crippen LogP contribution in [0.3, 0.4) is 0 Å². The quantitative estimate of drug-likeness (QED) is 0.566. The maximum Gasteiger partial charge on any atom is 0.149 e. The Bertz CT molecular complexity index is 902. The van der Waals surface area contributed by atoms with E-state index in [1.54, 1.807) is 12.1 Å². The first-order chi connectivity index (χ1) is 10.7. The molecule has 0 aliphatic rings. The fourth-order valence-electron chi connectivity index (χ4n) is 2.11. The molecule has 6 heteroatoms. The fraction of sp³-hybridized carbons (Fsp3) is 0. The standard InChI is InChI=1S/C16H10N4O2/c17-9-11(7-10-5-6-14(20-22)15(21)8-10)16-18-12-3-1-2-4-13(12)19-16/h1-8,21H,(H,18,19)/b11-7+. The zero-order chi connectivity index (χ0) is 15.5. The van der Waals surface area contributed by atoms with Gasteiger partial charge in [-0.3, -0.25) is 0 Å². The lowest BCUT2D eigenvalue weighted by Crippen LogP contribution is -1.85. The number of nitroso groups, excluding NO2 is 1. The van der Waals surface area contributed by atoms with Crippen LogP contribution in [0.4, 0.5) is 5.69 Å². The molecule has 2 aromatic carbocycles. The lowest BCUT2D eigenvalue weighted by molar-refractivity contribution is 0.476. The molecule has 2 N–H and O–H groups in total. The molecule has 106 valence electrons. The van der Waals surface area contributed by atoms with Crippen LogP contribution in [0.25, 0.3) is 22.7 Å². The number of fused-ring (bicyclic) bond motifs is 1. The van der Waals surface area contributed by atoms with Gasteiger partial charge in [0.15, 0.2) is 0 Å². The van der Waals surface area contributed by atoms with Crippen molar-refractivity contribution >= 4 is 28.4 Å². The van der Waals surface area contributed by atoms with Crippen LogP contribution in [0.2, 0.25) is 0 Å². The van der Waals surface area contributed by atoms with E-state index in [2.05, 4.69) is 21.2 Å². The molecule has 0 aliphatic heterocycles. The summed E-state index contributed by atoms with van der Waals surface area (Å²) in [6.45, 7) is 0. The number of nitriles is 1. The van der Waals surface area contributed by atoms with Gasteiger partial charge in [-0.25, -0.2) is 4.98 Å². The van der Waals surface area contributed by atoms with E-state index < -0.39 is 0 Å². The van der Waals surface area contributed by atoms with Gasteiger partial charge < -0.3 is 10.1 Å². The van der Waals surface area contributed by atoms with E-state index in [4.69, 9.17) is 0 Å². The van der Waals surface area contributed by atoms with Crippen LogP contribution in [0, 0.1) is 16.2 Å². The molecular weight excluding hydrogens is 280 g/mol. The van der Waals surface area contributed by atoms with Crippen molar-refractivity contribution in [2.75, 3.05) is 0 Å². The number of allylic oxidation sites excluding steroid dienone is 1. The van der Waals surface area contributed by atoms with Crippen LogP contribution in [-0.2, 0) is 0 Å². The number of aromatic hydroxyl groups is 1. The highest BCUT2D eigenvalue weighted by molar-refractivity contribution is 5.90. The molecule has 0 bridgehead atoms. The SMILES string of the molecule is N#C/C(=C\c1ccc(N=O)c(O)c1)c1nc2ccccc2[nH]1. The van der Waals surface area contributed by atoms with Crippen molar-refractivity contribution < 1.29 is 5.11 Å². The summed E-state index contributed by atoms with van der Waals surface area (Å²) in [4.78, 5) is 17.9. The summed E-state index contributed by atoms with van der Waals surface area (Å²) in [6.07, 6.45) is 1.58. The van der Waals surface area contributed by atoms with Crippen molar-refractivity contribution in [3.05, 3.63) is 58.8 Å². The van der Waals surface area contributed by atoms with Gasteiger partial charge in [0.2, 0.25) is 0 Å². The molecule has 6 nitrogen and oxygen atoms in total. The Kier molecular flexibility index (Phi) is 3.38. The molecule has 0 unspecified atom stereocenters. The third-order valence-corrected chi connectivity index (χ3v) is 3.17. The average Bonchev–Trinajstić information content (AvgIpc) is 2.96. The maximum absolute atomic E-state index is 10.4. The van der Waals surface area contributed by atoms with Crippen LogP contribution in [-0.4, -0.2) is 15.1 Å². The number of aromatic nitrogens is 2. The molecule has 0 aliphatic carbocycles. The van der Waals surface area contributed by atoms with Crippen LogP contribution >= 0.6 is 0 Å². The topological polar surface area (TPSA) is 102 Å². The minimum Gasteiger partial charge on any atom is -0.506 e. The van der Waals surface area contributed by atoms with Gasteiger partial charge in [0.05, 0.1) is 16.6 Å². The number of imidazole rings is 1. The van der Waals surface area contributed by atoms with E-state index in [-0.39, 0.29) is 11.4 Å². The summed E-state index contributed by atoms with van der Waals surface area (Å²) in [5, 5.41) is 21.7. The minimum atomic E-state index is -0.231. The zero-order valence-electron chi connectivity index (χ0n) is 11.3. The third kappa shape index (κ3) is 2.43. The number of para-hydroxylation sites is 2. The Morgan fingerprint density at radius 1 is 1.32 bits per heavy atom. The molecule has 3 aromatic rings.